The molecular formula is C15H12Cl2N2OS. The Morgan fingerprint density at radius 3 is 2.48 bits per heavy atom. The van der Waals surface area contributed by atoms with E-state index in [0.29, 0.717) is 26.9 Å². The van der Waals surface area contributed by atoms with Gasteiger partial charge in [-0.3, -0.25) is 0 Å². The van der Waals surface area contributed by atoms with Crippen LogP contribution >= 0.6 is 34.5 Å². The van der Waals surface area contributed by atoms with Crippen LogP contribution in [0.4, 0.5) is 5.82 Å². The molecule has 0 radical (unpaired) electrons. The smallest absolute Gasteiger partial charge is 0.186 e. The highest BCUT2D eigenvalue weighted by atomic mass is 35.5. The molecule has 0 unspecified atom stereocenters. The summed E-state index contributed by atoms with van der Waals surface area (Å²) < 4.78 is 5.42. The van der Waals surface area contributed by atoms with Gasteiger partial charge in [-0.15, -0.1) is 11.3 Å². The molecule has 1 aromatic carbocycles. The summed E-state index contributed by atoms with van der Waals surface area (Å²) >= 11 is 14.2. The first-order chi connectivity index (χ1) is 10.1. The molecular weight excluding hydrogens is 327 g/mol. The van der Waals surface area contributed by atoms with E-state index in [-0.39, 0.29) is 5.82 Å². The minimum Gasteiger partial charge on any atom is -0.380 e. The lowest BCUT2D eigenvalue weighted by atomic mass is 10.0. The Balaban J connectivity index is 2.22. The summed E-state index contributed by atoms with van der Waals surface area (Å²) in [5, 5.41) is 4.92. The molecule has 6 heteroatoms. The van der Waals surface area contributed by atoms with Crippen LogP contribution in [0.25, 0.3) is 21.8 Å². The number of hydrogen-bond donors (Lipinski definition) is 1. The molecule has 3 rings (SSSR count). The Bertz CT molecular complexity index is 775. The molecule has 0 amide bonds. The fourth-order valence-corrected chi connectivity index (χ4v) is 3.66. The molecule has 3 aromatic rings. The molecule has 2 N–H and O–H groups in total. The Kier molecular flexibility index (Phi) is 3.93. The van der Waals surface area contributed by atoms with Crippen molar-refractivity contribution in [2.45, 2.75) is 13.3 Å². The van der Waals surface area contributed by atoms with Crippen LogP contribution < -0.4 is 5.73 Å². The van der Waals surface area contributed by atoms with Gasteiger partial charge in [0.15, 0.2) is 11.6 Å². The zero-order valence-electron chi connectivity index (χ0n) is 11.2. The average molecular weight is 339 g/mol. The number of hydrogen-bond acceptors (Lipinski definition) is 4. The van der Waals surface area contributed by atoms with Crippen LogP contribution in [0, 0.1) is 0 Å². The lowest BCUT2D eigenvalue weighted by Gasteiger charge is -2.06. The molecule has 108 valence electrons. The molecule has 0 fully saturated rings. The van der Waals surface area contributed by atoms with Gasteiger partial charge in [-0.05, 0) is 30.7 Å². The summed E-state index contributed by atoms with van der Waals surface area (Å²) in [6.07, 6.45) is 0.969. The minimum atomic E-state index is 0.284. The van der Waals surface area contributed by atoms with Crippen LogP contribution in [0.2, 0.25) is 10.0 Å². The van der Waals surface area contributed by atoms with E-state index < -0.39 is 0 Å². The van der Waals surface area contributed by atoms with E-state index >= 15 is 0 Å². The highest BCUT2D eigenvalue weighted by Gasteiger charge is 2.23. The summed E-state index contributed by atoms with van der Waals surface area (Å²) in [4.78, 5) is 2.22. The highest BCUT2D eigenvalue weighted by molar-refractivity contribution is 7.15. The Hall–Kier alpha value is -1.49. The van der Waals surface area contributed by atoms with Crippen LogP contribution in [-0.2, 0) is 6.42 Å². The number of nitrogens with zero attached hydrogens (tertiary/aromatic N) is 1. The van der Waals surface area contributed by atoms with E-state index in [1.54, 1.807) is 29.5 Å². The SMILES string of the molecule is CCc1ccc(-c2onc(N)c2-c2c(Cl)cccc2Cl)s1. The number of nitrogen functional groups attached to an aromatic ring is 1. The molecule has 0 saturated heterocycles. The first-order valence-corrected chi connectivity index (χ1v) is 7.97. The van der Waals surface area contributed by atoms with Crippen molar-refractivity contribution < 1.29 is 4.52 Å². The maximum absolute atomic E-state index is 6.28. The number of thiophene rings is 1. The zero-order valence-corrected chi connectivity index (χ0v) is 13.5. The van der Waals surface area contributed by atoms with Gasteiger partial charge < -0.3 is 10.3 Å². The van der Waals surface area contributed by atoms with Gasteiger partial charge in [-0.25, -0.2) is 0 Å². The first kappa shape index (κ1) is 14.4. The number of nitrogens with two attached hydrogens (primary N) is 1. The third-order valence-corrected chi connectivity index (χ3v) is 5.02. The number of aromatic nitrogens is 1. The second-order valence-corrected chi connectivity index (χ2v) is 6.47. The number of anilines is 1. The Morgan fingerprint density at radius 1 is 1.14 bits per heavy atom. The maximum atomic E-state index is 6.28. The van der Waals surface area contributed by atoms with Gasteiger partial charge in [0.25, 0.3) is 0 Å². The summed E-state index contributed by atoms with van der Waals surface area (Å²) in [6, 6.07) is 9.39. The molecule has 3 nitrogen and oxygen atoms in total. The summed E-state index contributed by atoms with van der Waals surface area (Å²) in [7, 11) is 0. The van der Waals surface area contributed by atoms with Crippen molar-refractivity contribution in [1.82, 2.24) is 5.16 Å². The van der Waals surface area contributed by atoms with E-state index in [1.165, 1.54) is 4.88 Å². The molecule has 2 heterocycles. The number of benzene rings is 1. The Morgan fingerprint density at radius 2 is 1.86 bits per heavy atom. The summed E-state index contributed by atoms with van der Waals surface area (Å²) in [5.74, 6) is 0.888. The van der Waals surface area contributed by atoms with Gasteiger partial charge >= 0.3 is 0 Å². The number of rotatable bonds is 3. The summed E-state index contributed by atoms with van der Waals surface area (Å²) in [5.41, 5.74) is 7.27. The van der Waals surface area contributed by atoms with Crippen molar-refractivity contribution in [3.63, 3.8) is 0 Å². The Labute approximate surface area is 136 Å². The van der Waals surface area contributed by atoms with Crippen LogP contribution in [0.5, 0.6) is 0 Å². The van der Waals surface area contributed by atoms with E-state index in [0.717, 1.165) is 11.3 Å². The van der Waals surface area contributed by atoms with E-state index in [4.69, 9.17) is 33.5 Å². The van der Waals surface area contributed by atoms with Gasteiger partial charge in [0.1, 0.15) is 0 Å². The van der Waals surface area contributed by atoms with Crippen LogP contribution in [0.3, 0.4) is 0 Å². The third-order valence-electron chi connectivity index (χ3n) is 3.17. The average Bonchev–Trinajstić information content (AvgIpc) is 3.06. The second-order valence-electron chi connectivity index (χ2n) is 4.49. The monoisotopic (exact) mass is 338 g/mol. The van der Waals surface area contributed by atoms with E-state index in [2.05, 4.69) is 18.1 Å². The molecule has 0 spiro atoms. The maximum Gasteiger partial charge on any atom is 0.186 e. The van der Waals surface area contributed by atoms with Crippen molar-refractivity contribution in [2.24, 2.45) is 0 Å². The first-order valence-electron chi connectivity index (χ1n) is 6.40. The standard InChI is InChI=1S/C15H12Cl2N2OS/c1-2-8-6-7-11(21-8)14-13(15(18)19-20-14)12-9(16)4-3-5-10(12)17/h3-7H,2H2,1H3,(H2,18,19). The normalized spacial score (nSPS) is 11.0. The van der Waals surface area contributed by atoms with E-state index in [1.807, 2.05) is 6.07 Å². The van der Waals surface area contributed by atoms with E-state index in [9.17, 15) is 0 Å². The van der Waals surface area contributed by atoms with Crippen LogP contribution in [0.1, 0.15) is 11.8 Å². The lowest BCUT2D eigenvalue weighted by molar-refractivity contribution is 0.437. The van der Waals surface area contributed by atoms with Gasteiger partial charge in [0.05, 0.1) is 20.5 Å². The van der Waals surface area contributed by atoms with Crippen molar-refractivity contribution >= 4 is 40.4 Å². The van der Waals surface area contributed by atoms with Gasteiger partial charge in [0.2, 0.25) is 0 Å². The quantitative estimate of drug-likeness (QED) is 0.683. The van der Waals surface area contributed by atoms with Crippen LogP contribution in [-0.4, -0.2) is 5.16 Å². The summed E-state index contributed by atoms with van der Waals surface area (Å²) in [6.45, 7) is 2.11. The zero-order chi connectivity index (χ0) is 15.0. The number of halogens is 2. The van der Waals surface area contributed by atoms with Gasteiger partial charge in [0, 0.05) is 10.4 Å². The molecule has 0 atom stereocenters. The predicted octanol–water partition coefficient (Wildman–Crippen LogP) is 5.52. The van der Waals surface area contributed by atoms with Crippen molar-refractivity contribution in [2.75, 3.05) is 5.73 Å². The second kappa shape index (κ2) is 5.72. The highest BCUT2D eigenvalue weighted by Crippen LogP contribution is 2.44. The van der Waals surface area contributed by atoms with Gasteiger partial charge in [-0.2, -0.15) is 0 Å². The van der Waals surface area contributed by atoms with Crippen molar-refractivity contribution in [3.05, 3.63) is 45.3 Å². The minimum absolute atomic E-state index is 0.284. The predicted molar refractivity (Wildman–Crippen MR) is 89.1 cm³/mol. The molecule has 21 heavy (non-hydrogen) atoms. The fraction of sp³-hybridized carbons (Fsp3) is 0.133. The molecule has 0 bridgehead atoms. The number of aryl methyl sites for hydroxylation is 1. The molecule has 0 aliphatic carbocycles. The van der Waals surface area contributed by atoms with Crippen molar-refractivity contribution in [1.29, 1.82) is 0 Å². The molecule has 0 aliphatic rings. The van der Waals surface area contributed by atoms with Crippen molar-refractivity contribution in [3.8, 4) is 21.8 Å². The molecule has 0 saturated carbocycles. The lowest BCUT2D eigenvalue weighted by Crippen LogP contribution is -1.90. The van der Waals surface area contributed by atoms with Crippen LogP contribution in [0.15, 0.2) is 34.9 Å². The third kappa shape index (κ3) is 2.55. The largest absolute Gasteiger partial charge is 0.380 e. The van der Waals surface area contributed by atoms with Gasteiger partial charge in [-0.1, -0.05) is 41.3 Å². The fourth-order valence-electron chi connectivity index (χ4n) is 2.14. The molecule has 0 aliphatic heterocycles. The molecule has 2 aromatic heterocycles. The topological polar surface area (TPSA) is 52.0 Å².